The lowest BCUT2D eigenvalue weighted by molar-refractivity contribution is 0.167. The quantitative estimate of drug-likeness (QED) is 0.779. The van der Waals surface area contributed by atoms with Crippen LogP contribution < -0.4 is 4.90 Å². The third-order valence-electron chi connectivity index (χ3n) is 3.87. The second-order valence-electron chi connectivity index (χ2n) is 5.35. The monoisotopic (exact) mass is 333 g/mol. The van der Waals surface area contributed by atoms with Gasteiger partial charge in [0.15, 0.2) is 0 Å². The van der Waals surface area contributed by atoms with Crippen molar-refractivity contribution < 1.29 is 4.74 Å². The molecule has 1 saturated heterocycles. The third-order valence-corrected chi connectivity index (χ3v) is 5.73. The molecule has 1 heterocycles. The first-order chi connectivity index (χ1) is 10.9. The topological polar surface area (TPSA) is 12.5 Å². The van der Waals surface area contributed by atoms with Crippen molar-refractivity contribution in [2.75, 3.05) is 54.2 Å². The van der Waals surface area contributed by atoms with Crippen molar-refractivity contribution in [2.24, 2.45) is 0 Å². The molecule has 0 bridgehead atoms. The molecule has 0 saturated carbocycles. The van der Waals surface area contributed by atoms with Gasteiger partial charge in [-0.3, -0.25) is 0 Å². The van der Waals surface area contributed by atoms with Gasteiger partial charge < -0.3 is 9.64 Å². The smallest absolute Gasteiger partial charge is 0.0557 e. The van der Waals surface area contributed by atoms with Crippen molar-refractivity contribution in [3.8, 4) is 11.1 Å². The van der Waals surface area contributed by atoms with Gasteiger partial charge in [-0.05, 0) is 23.3 Å². The highest BCUT2D eigenvalue weighted by Crippen LogP contribution is 2.25. The van der Waals surface area contributed by atoms with Gasteiger partial charge in [0.05, 0.1) is 13.2 Å². The Morgan fingerprint density at radius 2 is 1.32 bits per heavy atom. The summed E-state index contributed by atoms with van der Waals surface area (Å²) in [5.74, 6) is 4.54. The van der Waals surface area contributed by atoms with Crippen molar-refractivity contribution in [3.63, 3.8) is 0 Å². The van der Waals surface area contributed by atoms with E-state index in [2.05, 4.69) is 47.4 Å². The molecule has 0 unspecified atom stereocenters. The normalized spacial score (nSPS) is 18.6. The van der Waals surface area contributed by atoms with Gasteiger partial charge in [0, 0.05) is 41.8 Å². The summed E-state index contributed by atoms with van der Waals surface area (Å²) in [6.45, 7) is 4.00. The van der Waals surface area contributed by atoms with Gasteiger partial charge in [0.25, 0.3) is 0 Å². The summed E-state index contributed by atoms with van der Waals surface area (Å²) in [6.07, 6.45) is 0. The molecule has 0 spiro atoms. The maximum absolute atomic E-state index is 5.61. The van der Waals surface area contributed by atoms with Crippen LogP contribution >= 0.6 is 23.5 Å². The lowest BCUT2D eigenvalue weighted by Crippen LogP contribution is -2.28. The van der Waals surface area contributed by atoms with Gasteiger partial charge in [-0.2, -0.15) is 23.5 Å². The van der Waals surface area contributed by atoms with Gasteiger partial charge in [-0.25, -0.2) is 0 Å². The fraction of sp³-hybridized carbons (Fsp3) is 0.444. The molecular formula is C18H23NOS2. The Balaban J connectivity index is 1.71. The summed E-state index contributed by atoms with van der Waals surface area (Å²) < 4.78 is 5.61. The van der Waals surface area contributed by atoms with E-state index in [0.29, 0.717) is 0 Å². The van der Waals surface area contributed by atoms with Crippen molar-refractivity contribution in [1.29, 1.82) is 0 Å². The van der Waals surface area contributed by atoms with E-state index in [4.69, 9.17) is 4.74 Å². The molecule has 0 radical (unpaired) electrons. The number of hydrogen-bond donors (Lipinski definition) is 0. The van der Waals surface area contributed by atoms with Crippen LogP contribution in [0, 0.1) is 0 Å². The second-order valence-corrected chi connectivity index (χ2v) is 7.80. The van der Waals surface area contributed by atoms with E-state index >= 15 is 0 Å². The molecule has 0 N–H and O–H groups in total. The van der Waals surface area contributed by atoms with Crippen LogP contribution in [0.4, 0.5) is 5.69 Å². The van der Waals surface area contributed by atoms with E-state index in [-0.39, 0.29) is 0 Å². The highest BCUT2D eigenvalue weighted by atomic mass is 32.2. The largest absolute Gasteiger partial charge is 0.380 e. The van der Waals surface area contributed by atoms with E-state index < -0.39 is 0 Å². The first-order valence-corrected chi connectivity index (χ1v) is 10.2. The van der Waals surface area contributed by atoms with Crippen LogP contribution in [0.25, 0.3) is 11.1 Å². The number of rotatable bonds is 1. The van der Waals surface area contributed by atoms with Gasteiger partial charge >= 0.3 is 0 Å². The molecule has 1 fully saturated rings. The Morgan fingerprint density at radius 3 is 1.91 bits per heavy atom. The van der Waals surface area contributed by atoms with E-state index in [1.807, 2.05) is 23.5 Å². The molecule has 1 aliphatic heterocycles. The van der Waals surface area contributed by atoms with Crippen molar-refractivity contribution in [2.45, 2.75) is 0 Å². The second kappa shape index (κ2) is 8.70. The average Bonchev–Trinajstić information content (AvgIpc) is 2.87. The van der Waals surface area contributed by atoms with Crippen LogP contribution in [0.2, 0.25) is 0 Å². The minimum Gasteiger partial charge on any atom is -0.380 e. The molecule has 22 heavy (non-hydrogen) atoms. The van der Waals surface area contributed by atoms with E-state index in [0.717, 1.165) is 37.8 Å². The lowest BCUT2D eigenvalue weighted by Gasteiger charge is -2.24. The first-order valence-electron chi connectivity index (χ1n) is 7.90. The Bertz CT molecular complexity index is 506. The van der Waals surface area contributed by atoms with Gasteiger partial charge in [-0.1, -0.05) is 30.3 Å². The number of nitrogens with zero attached hydrogens (tertiary/aromatic N) is 1. The van der Waals surface area contributed by atoms with E-state index in [1.165, 1.54) is 28.3 Å². The standard InChI is InChI=1S/C18H23NOS2/c1-2-16-4-6-18(7-5-17(16)3-1)19-8-12-21-14-10-20-11-15-22-13-9-19/h1-7H,8-15H2. The molecule has 2 nitrogen and oxygen atoms in total. The Labute approximate surface area is 142 Å². The van der Waals surface area contributed by atoms with E-state index in [9.17, 15) is 0 Å². The average molecular weight is 334 g/mol. The van der Waals surface area contributed by atoms with Crippen LogP contribution in [-0.2, 0) is 4.74 Å². The SMILES string of the molecule is c1cc2ccc(N3CCSCCOCCSCC3)ccc-2c1. The molecule has 0 aromatic heterocycles. The number of thioether (sulfide) groups is 2. The van der Waals surface area contributed by atoms with Crippen LogP contribution in [0.15, 0.2) is 42.5 Å². The minimum atomic E-state index is 0.889. The number of hydrogen-bond acceptors (Lipinski definition) is 4. The molecule has 2 aliphatic carbocycles. The summed E-state index contributed by atoms with van der Waals surface area (Å²) >= 11 is 3.99. The van der Waals surface area contributed by atoms with Gasteiger partial charge in [0.1, 0.15) is 0 Å². The number of fused-ring (bicyclic) bond motifs is 1. The molecule has 0 aromatic rings. The lowest BCUT2D eigenvalue weighted by atomic mass is 10.2. The fourth-order valence-corrected chi connectivity index (χ4v) is 4.21. The van der Waals surface area contributed by atoms with Crippen molar-refractivity contribution >= 4 is 29.2 Å². The number of ether oxygens (including phenoxy) is 1. The molecule has 3 aliphatic rings. The Kier molecular flexibility index (Phi) is 6.34. The molecule has 0 aromatic carbocycles. The summed E-state index contributed by atoms with van der Waals surface area (Å²) in [5, 5.41) is 0. The zero-order chi connectivity index (χ0) is 15.0. The van der Waals surface area contributed by atoms with Crippen LogP contribution in [0.3, 0.4) is 0 Å². The maximum atomic E-state index is 5.61. The first kappa shape index (κ1) is 16.0. The minimum absolute atomic E-state index is 0.889. The van der Waals surface area contributed by atoms with Gasteiger partial charge in [-0.15, -0.1) is 0 Å². The third kappa shape index (κ3) is 4.58. The van der Waals surface area contributed by atoms with Crippen molar-refractivity contribution in [1.82, 2.24) is 0 Å². The number of anilines is 1. The predicted octanol–water partition coefficient (Wildman–Crippen LogP) is 4.09. The molecule has 4 heteroatoms. The zero-order valence-corrected chi connectivity index (χ0v) is 14.5. The molecule has 0 amide bonds. The molecule has 3 rings (SSSR count). The predicted molar refractivity (Wildman–Crippen MR) is 101 cm³/mol. The fourth-order valence-electron chi connectivity index (χ4n) is 2.63. The Morgan fingerprint density at radius 1 is 0.727 bits per heavy atom. The zero-order valence-electron chi connectivity index (χ0n) is 12.9. The van der Waals surface area contributed by atoms with Crippen molar-refractivity contribution in [3.05, 3.63) is 42.5 Å². The summed E-state index contributed by atoms with van der Waals surface area (Å²) in [6, 6.07) is 15.5. The molecule has 118 valence electrons. The van der Waals surface area contributed by atoms with Crippen LogP contribution in [-0.4, -0.2) is 49.3 Å². The maximum Gasteiger partial charge on any atom is 0.0557 e. The molecular weight excluding hydrogens is 310 g/mol. The molecule has 0 atom stereocenters. The highest BCUT2D eigenvalue weighted by Gasteiger charge is 2.08. The summed E-state index contributed by atoms with van der Waals surface area (Å²) in [4.78, 5) is 2.53. The van der Waals surface area contributed by atoms with Crippen LogP contribution in [0.1, 0.15) is 0 Å². The highest BCUT2D eigenvalue weighted by molar-refractivity contribution is 7.99. The van der Waals surface area contributed by atoms with Gasteiger partial charge in [0.2, 0.25) is 0 Å². The Hall–Kier alpha value is -0.840. The summed E-state index contributed by atoms with van der Waals surface area (Å²) in [7, 11) is 0. The van der Waals surface area contributed by atoms with Crippen LogP contribution in [0.5, 0.6) is 0 Å². The summed E-state index contributed by atoms with van der Waals surface area (Å²) in [5.41, 5.74) is 3.98. The van der Waals surface area contributed by atoms with E-state index in [1.54, 1.807) is 0 Å².